The van der Waals surface area contributed by atoms with Crippen molar-refractivity contribution in [2.75, 3.05) is 0 Å². The lowest BCUT2D eigenvalue weighted by molar-refractivity contribution is 0.0961. The summed E-state index contributed by atoms with van der Waals surface area (Å²) in [6.45, 7) is 2.78. The first-order valence-corrected chi connectivity index (χ1v) is 3.85. The normalized spacial score (nSPS) is 16.2. The zero-order valence-electron chi connectivity index (χ0n) is 5.18. The molecular weight excluding hydrogens is 146 g/mol. The molecule has 1 N–H and O–H groups in total. The van der Waals surface area contributed by atoms with Crippen molar-refractivity contribution in [3.8, 4) is 0 Å². The van der Waals surface area contributed by atoms with E-state index in [4.69, 9.17) is 0 Å². The molecule has 0 unspecified atom stereocenters. The average molecular weight is 151 g/mol. The Morgan fingerprint density at radius 3 is 3.40 bits per heavy atom. The van der Waals surface area contributed by atoms with Gasteiger partial charge >= 0.3 is 0 Å². The van der Waals surface area contributed by atoms with Crippen molar-refractivity contribution < 1.29 is 4.79 Å². The summed E-state index contributed by atoms with van der Waals surface area (Å²) in [5, 5.41) is 4.47. The third kappa shape index (κ3) is 0.743. The van der Waals surface area contributed by atoms with Crippen LogP contribution in [0.4, 0.5) is 0 Å². The minimum atomic E-state index is -0.0174. The largest absolute Gasteiger partial charge is 0.341 e. The van der Waals surface area contributed by atoms with E-state index in [1.54, 1.807) is 0 Å². The van der Waals surface area contributed by atoms with E-state index in [1.165, 1.54) is 11.3 Å². The molecule has 2 nitrogen and oxygen atoms in total. The molecule has 0 saturated heterocycles. The number of hydrogen-bond donors (Lipinski definition) is 1. The Morgan fingerprint density at radius 1 is 1.70 bits per heavy atom. The maximum absolute atomic E-state index is 11.0. The molecule has 0 saturated carbocycles. The van der Waals surface area contributed by atoms with Crippen molar-refractivity contribution in [3.05, 3.63) is 28.4 Å². The molecule has 3 heteroatoms. The lowest BCUT2D eigenvalue weighted by Crippen LogP contribution is -2.25. The first kappa shape index (κ1) is 5.92. The van der Waals surface area contributed by atoms with Gasteiger partial charge in [0.1, 0.15) is 0 Å². The van der Waals surface area contributed by atoms with Crippen LogP contribution < -0.4 is 5.32 Å². The van der Waals surface area contributed by atoms with Gasteiger partial charge in [-0.05, 0) is 17.0 Å². The Bertz CT molecular complexity index is 266. The van der Waals surface area contributed by atoms with Crippen molar-refractivity contribution in [3.63, 3.8) is 0 Å². The van der Waals surface area contributed by atoms with Crippen LogP contribution in [0.3, 0.4) is 0 Å². The zero-order chi connectivity index (χ0) is 6.97. The summed E-state index contributed by atoms with van der Waals surface area (Å²) in [7, 11) is 0. The van der Waals surface area contributed by atoms with E-state index in [0.29, 0.717) is 0 Å². The van der Waals surface area contributed by atoms with E-state index in [-0.39, 0.29) is 5.91 Å². The Labute approximate surface area is 62.9 Å². The number of nitrogens with one attached hydrogen (secondary N) is 1. The fourth-order valence-electron chi connectivity index (χ4n) is 0.951. The van der Waals surface area contributed by atoms with E-state index in [2.05, 4.69) is 11.9 Å². The minimum Gasteiger partial charge on any atom is -0.341 e. The molecule has 2 radical (unpaired) electrons. The second-order valence-electron chi connectivity index (χ2n) is 2.08. The number of carbonyl (C=O) groups is 1. The number of thiophene rings is 1. The average Bonchev–Trinajstić information content (AvgIpc) is 2.36. The van der Waals surface area contributed by atoms with Crippen LogP contribution in [0.5, 0.6) is 0 Å². The van der Waals surface area contributed by atoms with Gasteiger partial charge < -0.3 is 5.32 Å². The topological polar surface area (TPSA) is 29.1 Å². The fraction of sp³-hybridized carbons (Fsp3) is 0.143. The highest BCUT2D eigenvalue weighted by Crippen LogP contribution is 2.20. The van der Waals surface area contributed by atoms with Crippen LogP contribution in [0, 0.1) is 6.54 Å². The molecule has 0 bridgehead atoms. The van der Waals surface area contributed by atoms with Crippen LogP contribution in [0.25, 0.3) is 0 Å². The first-order valence-electron chi connectivity index (χ1n) is 2.97. The molecule has 2 heterocycles. The molecule has 0 atom stereocenters. The third-order valence-electron chi connectivity index (χ3n) is 1.43. The Hall–Kier alpha value is -0.830. The van der Waals surface area contributed by atoms with Gasteiger partial charge in [0.15, 0.2) is 0 Å². The number of hydrogen-bond acceptors (Lipinski definition) is 2. The van der Waals surface area contributed by atoms with Gasteiger partial charge in [-0.1, -0.05) is 0 Å². The van der Waals surface area contributed by atoms with Crippen molar-refractivity contribution in [1.29, 1.82) is 0 Å². The van der Waals surface area contributed by atoms with Crippen molar-refractivity contribution in [2.45, 2.75) is 6.42 Å². The van der Waals surface area contributed by atoms with Crippen molar-refractivity contribution in [2.24, 2.45) is 0 Å². The summed E-state index contributed by atoms with van der Waals surface area (Å²) < 4.78 is 0. The predicted molar refractivity (Wildman–Crippen MR) is 38.7 cm³/mol. The summed E-state index contributed by atoms with van der Waals surface area (Å²) in [6, 6.07) is 1.96. The predicted octanol–water partition coefficient (Wildman–Crippen LogP) is 1.07. The standard InChI is InChI=1S/C7H5NOS/c9-7-6-5(1-3-8-7)2-4-10-6/h2,4H,1H2,(H,8,9). The summed E-state index contributed by atoms with van der Waals surface area (Å²) in [5.74, 6) is -0.0174. The molecule has 2 rings (SSSR count). The SMILES string of the molecule is O=C1N[C]Cc2ccsc21. The molecule has 1 aliphatic rings. The van der Waals surface area contributed by atoms with Gasteiger partial charge in [-0.2, -0.15) is 0 Å². The van der Waals surface area contributed by atoms with Gasteiger partial charge in [-0.3, -0.25) is 4.79 Å². The summed E-state index contributed by atoms with van der Waals surface area (Å²) in [5.41, 5.74) is 1.09. The second kappa shape index (κ2) is 2.09. The number of amides is 1. The van der Waals surface area contributed by atoms with Crippen LogP contribution in [0.2, 0.25) is 0 Å². The van der Waals surface area contributed by atoms with E-state index in [9.17, 15) is 4.79 Å². The lowest BCUT2D eigenvalue weighted by Gasteiger charge is -2.09. The third-order valence-corrected chi connectivity index (χ3v) is 2.39. The van der Waals surface area contributed by atoms with Gasteiger partial charge in [0, 0.05) is 6.42 Å². The molecule has 0 aromatic carbocycles. The summed E-state index contributed by atoms with van der Waals surface area (Å²) in [4.78, 5) is 11.8. The van der Waals surface area contributed by atoms with Crippen LogP contribution in [0.15, 0.2) is 11.4 Å². The van der Waals surface area contributed by atoms with Gasteiger partial charge in [-0.25, -0.2) is 0 Å². The van der Waals surface area contributed by atoms with E-state index in [0.717, 1.165) is 16.9 Å². The summed E-state index contributed by atoms with van der Waals surface area (Å²) in [6.07, 6.45) is 0.741. The Kier molecular flexibility index (Phi) is 1.24. The van der Waals surface area contributed by atoms with Crippen LogP contribution in [-0.4, -0.2) is 5.91 Å². The second-order valence-corrected chi connectivity index (χ2v) is 3.00. The number of carbonyl (C=O) groups excluding carboxylic acids is 1. The van der Waals surface area contributed by atoms with Gasteiger partial charge in [0.2, 0.25) is 0 Å². The van der Waals surface area contributed by atoms with Gasteiger partial charge in [-0.15, -0.1) is 11.3 Å². The van der Waals surface area contributed by atoms with Crippen molar-refractivity contribution >= 4 is 17.2 Å². The van der Waals surface area contributed by atoms with Crippen LogP contribution in [-0.2, 0) is 6.42 Å². The minimum absolute atomic E-state index is 0.0174. The zero-order valence-corrected chi connectivity index (χ0v) is 5.99. The molecule has 1 aromatic rings. The highest BCUT2D eigenvalue weighted by atomic mass is 32.1. The lowest BCUT2D eigenvalue weighted by atomic mass is 10.1. The molecule has 1 amide bonds. The molecule has 0 aliphatic carbocycles. The summed E-state index contributed by atoms with van der Waals surface area (Å²) >= 11 is 1.48. The monoisotopic (exact) mass is 151 g/mol. The molecule has 0 spiro atoms. The smallest absolute Gasteiger partial charge is 0.262 e. The Morgan fingerprint density at radius 2 is 2.60 bits per heavy atom. The quantitative estimate of drug-likeness (QED) is 0.590. The highest BCUT2D eigenvalue weighted by Gasteiger charge is 2.17. The molecule has 1 aliphatic heterocycles. The molecule has 1 aromatic heterocycles. The maximum Gasteiger partial charge on any atom is 0.262 e. The number of fused-ring (bicyclic) bond motifs is 1. The van der Waals surface area contributed by atoms with Crippen molar-refractivity contribution in [1.82, 2.24) is 5.32 Å². The fourth-order valence-corrected chi connectivity index (χ4v) is 1.77. The molecule has 0 fully saturated rings. The maximum atomic E-state index is 11.0. The highest BCUT2D eigenvalue weighted by molar-refractivity contribution is 7.12. The van der Waals surface area contributed by atoms with E-state index < -0.39 is 0 Å². The van der Waals surface area contributed by atoms with Crippen LogP contribution >= 0.6 is 11.3 Å². The van der Waals surface area contributed by atoms with Gasteiger partial charge in [0.25, 0.3) is 5.91 Å². The van der Waals surface area contributed by atoms with Crippen LogP contribution in [0.1, 0.15) is 15.2 Å². The first-order chi connectivity index (χ1) is 4.88. The molecule has 50 valence electrons. The molecular formula is C7H5NOS. The van der Waals surface area contributed by atoms with E-state index >= 15 is 0 Å². The molecule has 10 heavy (non-hydrogen) atoms. The number of rotatable bonds is 0. The van der Waals surface area contributed by atoms with Gasteiger partial charge in [0.05, 0.1) is 11.4 Å². The Balaban J connectivity index is 2.50. The van der Waals surface area contributed by atoms with E-state index in [1.807, 2.05) is 11.4 Å².